The molecule has 2 aromatic rings. The lowest BCUT2D eigenvalue weighted by atomic mass is 10.1. The fraction of sp³-hybridized carbons (Fsp3) is 0.440. The van der Waals surface area contributed by atoms with Crippen molar-refractivity contribution >= 4 is 17.6 Å². The standard InChI is InChI=1S/C25H31N3O4/c1-31-25(30)10-9-24(29)28-15-16-32-23-8-7-20(17-21(23)19-28)18-26-11-13-27(14-12-26)22-5-3-2-4-6-22/h2-8,17H,9-16,18-19H2,1H3. The van der Waals surface area contributed by atoms with E-state index in [1.807, 2.05) is 6.07 Å². The predicted octanol–water partition coefficient (Wildman–Crippen LogP) is 2.68. The number of hydrogen-bond acceptors (Lipinski definition) is 6. The molecular formula is C25H31N3O4. The SMILES string of the molecule is COC(=O)CCC(=O)N1CCOc2ccc(CN3CCN(c4ccccc4)CC3)cc2C1. The molecule has 0 N–H and O–H groups in total. The van der Waals surface area contributed by atoms with Gasteiger partial charge in [0.15, 0.2) is 0 Å². The second kappa shape index (κ2) is 10.5. The van der Waals surface area contributed by atoms with Gasteiger partial charge in [-0.25, -0.2) is 0 Å². The first-order valence-corrected chi connectivity index (χ1v) is 11.2. The maximum absolute atomic E-state index is 12.6. The first kappa shape index (κ1) is 22.1. The van der Waals surface area contributed by atoms with Gasteiger partial charge in [0.05, 0.1) is 20.1 Å². The van der Waals surface area contributed by atoms with Crippen LogP contribution in [0.5, 0.6) is 5.75 Å². The van der Waals surface area contributed by atoms with E-state index in [9.17, 15) is 9.59 Å². The number of methoxy groups -OCH3 is 1. The zero-order valence-corrected chi connectivity index (χ0v) is 18.7. The van der Waals surface area contributed by atoms with Crippen LogP contribution in [0.4, 0.5) is 5.69 Å². The van der Waals surface area contributed by atoms with Crippen molar-refractivity contribution < 1.29 is 19.1 Å². The Bertz CT molecular complexity index is 926. The molecule has 1 saturated heterocycles. The van der Waals surface area contributed by atoms with Crippen LogP contribution >= 0.6 is 0 Å². The molecule has 170 valence electrons. The summed E-state index contributed by atoms with van der Waals surface area (Å²) >= 11 is 0. The molecule has 0 aliphatic carbocycles. The second-order valence-electron chi connectivity index (χ2n) is 8.28. The number of fused-ring (bicyclic) bond motifs is 1. The number of nitrogens with zero attached hydrogens (tertiary/aromatic N) is 3. The molecule has 1 fully saturated rings. The molecule has 7 heteroatoms. The van der Waals surface area contributed by atoms with E-state index < -0.39 is 0 Å². The van der Waals surface area contributed by atoms with E-state index in [4.69, 9.17) is 4.74 Å². The van der Waals surface area contributed by atoms with Crippen molar-refractivity contribution in [1.82, 2.24) is 9.80 Å². The number of anilines is 1. The molecule has 2 aliphatic heterocycles. The minimum atomic E-state index is -0.362. The number of ether oxygens (including phenoxy) is 2. The number of carbonyl (C=O) groups excluding carboxylic acids is 2. The van der Waals surface area contributed by atoms with Crippen LogP contribution in [0.1, 0.15) is 24.0 Å². The largest absolute Gasteiger partial charge is 0.491 e. The van der Waals surface area contributed by atoms with E-state index in [2.05, 4.69) is 57.0 Å². The summed E-state index contributed by atoms with van der Waals surface area (Å²) < 4.78 is 10.5. The molecule has 0 unspecified atom stereocenters. The highest BCUT2D eigenvalue weighted by molar-refractivity contribution is 5.81. The van der Waals surface area contributed by atoms with Gasteiger partial charge in [0.25, 0.3) is 0 Å². The first-order chi connectivity index (χ1) is 15.6. The third-order valence-electron chi connectivity index (χ3n) is 6.13. The van der Waals surface area contributed by atoms with Gasteiger partial charge in [-0.05, 0) is 29.8 Å². The molecule has 0 radical (unpaired) electrons. The molecule has 7 nitrogen and oxygen atoms in total. The minimum Gasteiger partial charge on any atom is -0.491 e. The Kier molecular flexibility index (Phi) is 7.27. The van der Waals surface area contributed by atoms with Gasteiger partial charge in [0, 0.05) is 56.9 Å². The summed E-state index contributed by atoms with van der Waals surface area (Å²) in [5, 5.41) is 0. The summed E-state index contributed by atoms with van der Waals surface area (Å²) in [5.74, 6) is 0.430. The smallest absolute Gasteiger partial charge is 0.306 e. The average molecular weight is 438 g/mol. The summed E-state index contributed by atoms with van der Waals surface area (Å²) in [6, 6.07) is 16.9. The fourth-order valence-corrected chi connectivity index (χ4v) is 4.29. The predicted molar refractivity (Wildman–Crippen MR) is 123 cm³/mol. The minimum absolute atomic E-state index is 0.0470. The van der Waals surface area contributed by atoms with Gasteiger partial charge in [0.1, 0.15) is 12.4 Å². The molecular weight excluding hydrogens is 406 g/mol. The summed E-state index contributed by atoms with van der Waals surface area (Å²) in [6.45, 7) is 6.42. The van der Waals surface area contributed by atoms with Crippen molar-refractivity contribution in [2.45, 2.75) is 25.9 Å². The lowest BCUT2D eigenvalue weighted by Gasteiger charge is -2.36. The van der Waals surface area contributed by atoms with E-state index in [-0.39, 0.29) is 24.7 Å². The van der Waals surface area contributed by atoms with Gasteiger partial charge in [-0.3, -0.25) is 14.5 Å². The Labute approximate surface area is 189 Å². The van der Waals surface area contributed by atoms with Crippen molar-refractivity contribution in [1.29, 1.82) is 0 Å². The van der Waals surface area contributed by atoms with Crippen LogP contribution in [-0.2, 0) is 27.4 Å². The van der Waals surface area contributed by atoms with Crippen molar-refractivity contribution in [2.24, 2.45) is 0 Å². The number of para-hydroxylation sites is 1. The van der Waals surface area contributed by atoms with E-state index in [0.29, 0.717) is 19.7 Å². The lowest BCUT2D eigenvalue weighted by Crippen LogP contribution is -2.45. The number of piperazine rings is 1. The van der Waals surface area contributed by atoms with Crippen molar-refractivity contribution in [3.05, 3.63) is 59.7 Å². The average Bonchev–Trinajstić information content (AvgIpc) is 3.05. The van der Waals surface area contributed by atoms with Crippen molar-refractivity contribution in [3.63, 3.8) is 0 Å². The highest BCUT2D eigenvalue weighted by Crippen LogP contribution is 2.26. The highest BCUT2D eigenvalue weighted by atomic mass is 16.5. The van der Waals surface area contributed by atoms with Gasteiger partial charge >= 0.3 is 5.97 Å². The van der Waals surface area contributed by atoms with Crippen LogP contribution in [-0.4, -0.2) is 68.1 Å². The number of rotatable bonds is 6. The molecule has 2 heterocycles. The van der Waals surface area contributed by atoms with Crippen LogP contribution in [0, 0.1) is 0 Å². The third kappa shape index (κ3) is 5.59. The maximum Gasteiger partial charge on any atom is 0.306 e. The van der Waals surface area contributed by atoms with Crippen LogP contribution in [0.15, 0.2) is 48.5 Å². The number of esters is 1. The Morgan fingerprint density at radius 1 is 0.969 bits per heavy atom. The fourth-order valence-electron chi connectivity index (χ4n) is 4.29. The van der Waals surface area contributed by atoms with Crippen LogP contribution in [0.25, 0.3) is 0 Å². The van der Waals surface area contributed by atoms with E-state index in [1.54, 1.807) is 4.90 Å². The van der Waals surface area contributed by atoms with Crippen LogP contribution < -0.4 is 9.64 Å². The van der Waals surface area contributed by atoms with Gasteiger partial charge < -0.3 is 19.3 Å². The summed E-state index contributed by atoms with van der Waals surface area (Å²) in [4.78, 5) is 30.6. The Morgan fingerprint density at radius 2 is 1.75 bits per heavy atom. The van der Waals surface area contributed by atoms with Crippen molar-refractivity contribution in [3.8, 4) is 5.75 Å². The molecule has 0 saturated carbocycles. The monoisotopic (exact) mass is 437 g/mol. The van der Waals surface area contributed by atoms with E-state index in [1.165, 1.54) is 18.4 Å². The molecule has 1 amide bonds. The van der Waals surface area contributed by atoms with Gasteiger partial charge in [-0.1, -0.05) is 24.3 Å². The number of amides is 1. The molecule has 0 bridgehead atoms. The number of hydrogen-bond donors (Lipinski definition) is 0. The molecule has 0 atom stereocenters. The maximum atomic E-state index is 12.6. The molecule has 0 aromatic heterocycles. The second-order valence-corrected chi connectivity index (χ2v) is 8.28. The Hall–Kier alpha value is -3.06. The molecule has 4 rings (SSSR count). The Morgan fingerprint density at radius 3 is 2.50 bits per heavy atom. The van der Waals surface area contributed by atoms with Crippen LogP contribution in [0.2, 0.25) is 0 Å². The normalized spacial score (nSPS) is 16.7. The first-order valence-electron chi connectivity index (χ1n) is 11.2. The van der Waals surface area contributed by atoms with Gasteiger partial charge in [-0.2, -0.15) is 0 Å². The summed E-state index contributed by atoms with van der Waals surface area (Å²) in [5.41, 5.74) is 3.53. The highest BCUT2D eigenvalue weighted by Gasteiger charge is 2.22. The number of benzene rings is 2. The molecule has 2 aliphatic rings. The molecule has 0 spiro atoms. The molecule has 2 aromatic carbocycles. The topological polar surface area (TPSA) is 62.3 Å². The van der Waals surface area contributed by atoms with E-state index >= 15 is 0 Å². The zero-order valence-electron chi connectivity index (χ0n) is 18.7. The van der Waals surface area contributed by atoms with Crippen LogP contribution in [0.3, 0.4) is 0 Å². The van der Waals surface area contributed by atoms with Crippen molar-refractivity contribution in [2.75, 3.05) is 51.3 Å². The lowest BCUT2D eigenvalue weighted by molar-refractivity contribution is -0.143. The van der Waals surface area contributed by atoms with Gasteiger partial charge in [0.2, 0.25) is 5.91 Å². The Balaban J connectivity index is 1.35. The van der Waals surface area contributed by atoms with Gasteiger partial charge in [-0.15, -0.1) is 0 Å². The summed E-state index contributed by atoms with van der Waals surface area (Å²) in [7, 11) is 1.34. The zero-order chi connectivity index (χ0) is 22.3. The molecule has 32 heavy (non-hydrogen) atoms. The number of carbonyl (C=O) groups is 2. The third-order valence-corrected chi connectivity index (χ3v) is 6.13. The summed E-state index contributed by atoms with van der Waals surface area (Å²) in [6.07, 6.45) is 0.266. The quantitative estimate of drug-likeness (QED) is 0.648. The van der Waals surface area contributed by atoms with E-state index in [0.717, 1.165) is 44.0 Å².